The molecule has 0 aliphatic heterocycles. The Kier molecular flexibility index (Phi) is 10.7. The number of carbonyl (C=O) groups excluding carboxylic acids is 1. The maximum Gasteiger partial charge on any atom is 0.307 e. The van der Waals surface area contributed by atoms with Crippen molar-refractivity contribution in [2.24, 2.45) is 11.8 Å². The highest BCUT2D eigenvalue weighted by atomic mass is 16.4. The number of Topliss-reactive ketones (excluding diaryl/α,β-unsaturated/α-hetero) is 1. The molecule has 0 aromatic rings. The molecule has 1 rings (SSSR count). The van der Waals surface area contributed by atoms with Crippen molar-refractivity contribution in [3.63, 3.8) is 0 Å². The highest BCUT2D eigenvalue weighted by Gasteiger charge is 2.35. The first-order valence-corrected chi connectivity index (χ1v) is 5.86. The number of carbonyl (C=O) groups is 2. The van der Waals surface area contributed by atoms with Crippen LogP contribution in [0, 0.1) is 11.8 Å². The molecule has 2 atom stereocenters. The smallest absolute Gasteiger partial charge is 0.307 e. The summed E-state index contributed by atoms with van der Waals surface area (Å²) in [6.07, 6.45) is 2.30. The monoisotopic (exact) mass is 216 g/mol. The van der Waals surface area contributed by atoms with Gasteiger partial charge in [-0.2, -0.15) is 0 Å². The molecule has 1 aliphatic carbocycles. The van der Waals surface area contributed by atoms with E-state index < -0.39 is 11.9 Å². The predicted molar refractivity (Wildman–Crippen MR) is 61.8 cm³/mol. The second kappa shape index (κ2) is 9.69. The molecule has 0 amide bonds. The molecule has 0 aromatic heterocycles. The fourth-order valence-electron chi connectivity index (χ4n) is 1.74. The van der Waals surface area contributed by atoms with Crippen LogP contribution in [0.25, 0.3) is 0 Å². The summed E-state index contributed by atoms with van der Waals surface area (Å²) >= 11 is 0. The van der Waals surface area contributed by atoms with E-state index in [-0.39, 0.29) is 11.7 Å². The highest BCUT2D eigenvalue weighted by Crippen LogP contribution is 2.32. The SMILES string of the molecule is CC.CC.CC(=O)C1CCCC1C(=O)O. The van der Waals surface area contributed by atoms with Gasteiger partial charge in [-0.05, 0) is 19.8 Å². The molecular formula is C12H24O3. The van der Waals surface area contributed by atoms with Gasteiger partial charge in [-0.25, -0.2) is 0 Å². The largest absolute Gasteiger partial charge is 0.481 e. The van der Waals surface area contributed by atoms with Crippen LogP contribution >= 0.6 is 0 Å². The van der Waals surface area contributed by atoms with Crippen molar-refractivity contribution < 1.29 is 14.7 Å². The van der Waals surface area contributed by atoms with Gasteiger partial charge in [0.25, 0.3) is 0 Å². The van der Waals surface area contributed by atoms with Gasteiger partial charge in [-0.15, -0.1) is 0 Å². The maximum absolute atomic E-state index is 10.9. The predicted octanol–water partition coefficient (Wildman–Crippen LogP) is 3.13. The molecule has 0 bridgehead atoms. The minimum atomic E-state index is -0.817. The van der Waals surface area contributed by atoms with Crippen molar-refractivity contribution in [1.82, 2.24) is 0 Å². The molecule has 0 spiro atoms. The summed E-state index contributed by atoms with van der Waals surface area (Å²) in [5, 5.41) is 8.68. The standard InChI is InChI=1S/C8H12O3.2C2H6/c1-5(9)6-3-2-4-7(6)8(10)11;2*1-2/h6-7H,2-4H2,1H3,(H,10,11);2*1-2H3. The molecule has 90 valence electrons. The zero-order chi connectivity index (χ0) is 12.4. The Morgan fingerprint density at radius 2 is 1.40 bits per heavy atom. The molecule has 0 heterocycles. The van der Waals surface area contributed by atoms with E-state index in [9.17, 15) is 9.59 Å². The molecule has 1 N–H and O–H groups in total. The van der Waals surface area contributed by atoms with Crippen LogP contribution in [-0.2, 0) is 9.59 Å². The van der Waals surface area contributed by atoms with E-state index >= 15 is 0 Å². The second-order valence-electron chi connectivity index (χ2n) is 3.09. The van der Waals surface area contributed by atoms with Gasteiger partial charge in [0.2, 0.25) is 0 Å². The van der Waals surface area contributed by atoms with Crippen molar-refractivity contribution in [2.75, 3.05) is 0 Å². The number of carboxylic acids is 1. The van der Waals surface area contributed by atoms with E-state index in [2.05, 4.69) is 0 Å². The first-order valence-electron chi connectivity index (χ1n) is 5.86. The van der Waals surface area contributed by atoms with Gasteiger partial charge < -0.3 is 5.11 Å². The number of rotatable bonds is 2. The van der Waals surface area contributed by atoms with Crippen molar-refractivity contribution >= 4 is 11.8 Å². The van der Waals surface area contributed by atoms with Crippen LogP contribution in [-0.4, -0.2) is 16.9 Å². The number of hydrogen-bond donors (Lipinski definition) is 1. The summed E-state index contributed by atoms with van der Waals surface area (Å²) in [5.74, 6) is -1.42. The number of hydrogen-bond acceptors (Lipinski definition) is 2. The van der Waals surface area contributed by atoms with Crippen molar-refractivity contribution in [3.8, 4) is 0 Å². The van der Waals surface area contributed by atoms with Gasteiger partial charge in [0, 0.05) is 5.92 Å². The van der Waals surface area contributed by atoms with Crippen LogP contribution in [0.15, 0.2) is 0 Å². The Bertz CT molecular complexity index is 167. The summed E-state index contributed by atoms with van der Waals surface area (Å²) in [4.78, 5) is 21.5. The average Bonchev–Trinajstić information content (AvgIpc) is 2.72. The molecule has 0 radical (unpaired) electrons. The summed E-state index contributed by atoms with van der Waals surface area (Å²) in [6, 6.07) is 0. The summed E-state index contributed by atoms with van der Waals surface area (Å²) < 4.78 is 0. The van der Waals surface area contributed by atoms with Gasteiger partial charge in [0.05, 0.1) is 5.92 Å². The lowest BCUT2D eigenvalue weighted by Gasteiger charge is -2.10. The molecular weight excluding hydrogens is 192 g/mol. The number of aliphatic carboxylic acids is 1. The molecule has 0 aromatic carbocycles. The topological polar surface area (TPSA) is 54.4 Å². The Hall–Kier alpha value is -0.860. The van der Waals surface area contributed by atoms with Crippen LogP contribution < -0.4 is 0 Å². The van der Waals surface area contributed by atoms with Crippen LogP contribution in [0.2, 0.25) is 0 Å². The van der Waals surface area contributed by atoms with Crippen LogP contribution in [0.1, 0.15) is 53.9 Å². The second-order valence-corrected chi connectivity index (χ2v) is 3.09. The first-order chi connectivity index (χ1) is 7.13. The summed E-state index contributed by atoms with van der Waals surface area (Å²) in [6.45, 7) is 9.48. The highest BCUT2D eigenvalue weighted by molar-refractivity contribution is 5.84. The zero-order valence-electron chi connectivity index (χ0n) is 10.5. The van der Waals surface area contributed by atoms with Gasteiger partial charge >= 0.3 is 5.97 Å². The van der Waals surface area contributed by atoms with Crippen LogP contribution in [0.5, 0.6) is 0 Å². The normalized spacial score (nSPS) is 23.0. The zero-order valence-corrected chi connectivity index (χ0v) is 10.5. The van der Waals surface area contributed by atoms with Gasteiger partial charge in [-0.3, -0.25) is 9.59 Å². The summed E-state index contributed by atoms with van der Waals surface area (Å²) in [7, 11) is 0. The molecule has 3 nitrogen and oxygen atoms in total. The molecule has 1 aliphatic rings. The lowest BCUT2D eigenvalue weighted by atomic mass is 9.93. The van der Waals surface area contributed by atoms with Gasteiger partial charge in [0.15, 0.2) is 0 Å². The van der Waals surface area contributed by atoms with Crippen molar-refractivity contribution in [3.05, 3.63) is 0 Å². The molecule has 1 saturated carbocycles. The molecule has 15 heavy (non-hydrogen) atoms. The lowest BCUT2D eigenvalue weighted by Crippen LogP contribution is -2.23. The van der Waals surface area contributed by atoms with Crippen molar-refractivity contribution in [1.29, 1.82) is 0 Å². The Morgan fingerprint density at radius 3 is 1.67 bits per heavy atom. The minimum absolute atomic E-state index is 0.0231. The third kappa shape index (κ3) is 5.55. The Morgan fingerprint density at radius 1 is 1.00 bits per heavy atom. The Balaban J connectivity index is 0. The average molecular weight is 216 g/mol. The molecule has 0 saturated heterocycles. The molecule has 3 heteroatoms. The van der Waals surface area contributed by atoms with Gasteiger partial charge in [-0.1, -0.05) is 34.1 Å². The quantitative estimate of drug-likeness (QED) is 0.771. The maximum atomic E-state index is 10.9. The van der Waals surface area contributed by atoms with E-state index in [0.29, 0.717) is 6.42 Å². The lowest BCUT2D eigenvalue weighted by molar-refractivity contribution is -0.145. The van der Waals surface area contributed by atoms with E-state index in [0.717, 1.165) is 12.8 Å². The van der Waals surface area contributed by atoms with Crippen LogP contribution in [0.3, 0.4) is 0 Å². The number of carboxylic acid groups (broad SMARTS) is 1. The first kappa shape index (κ1) is 16.6. The third-order valence-corrected chi connectivity index (χ3v) is 2.36. The number of ketones is 1. The van der Waals surface area contributed by atoms with E-state index in [1.807, 2.05) is 27.7 Å². The van der Waals surface area contributed by atoms with E-state index in [1.54, 1.807) is 0 Å². The minimum Gasteiger partial charge on any atom is -0.481 e. The van der Waals surface area contributed by atoms with Gasteiger partial charge in [0.1, 0.15) is 5.78 Å². The molecule has 2 unspecified atom stereocenters. The molecule has 1 fully saturated rings. The van der Waals surface area contributed by atoms with Crippen molar-refractivity contribution in [2.45, 2.75) is 53.9 Å². The fraction of sp³-hybridized carbons (Fsp3) is 0.833. The van der Waals surface area contributed by atoms with E-state index in [4.69, 9.17) is 5.11 Å². The Labute approximate surface area is 92.9 Å². The fourth-order valence-corrected chi connectivity index (χ4v) is 1.74. The summed E-state index contributed by atoms with van der Waals surface area (Å²) in [5.41, 5.74) is 0. The third-order valence-electron chi connectivity index (χ3n) is 2.36. The van der Waals surface area contributed by atoms with E-state index in [1.165, 1.54) is 6.92 Å². The van der Waals surface area contributed by atoms with Crippen LogP contribution in [0.4, 0.5) is 0 Å².